The van der Waals surface area contributed by atoms with Crippen LogP contribution < -0.4 is 10.7 Å². The Morgan fingerprint density at radius 3 is 2.76 bits per heavy atom. The summed E-state index contributed by atoms with van der Waals surface area (Å²) in [5.74, 6) is -0.881. The smallest absolute Gasteiger partial charge is 0.407 e. The lowest BCUT2D eigenvalue weighted by Crippen LogP contribution is -2.44. The topological polar surface area (TPSA) is 112 Å². The maximum absolute atomic E-state index is 13.0. The Morgan fingerprint density at radius 1 is 1.27 bits per heavy atom. The van der Waals surface area contributed by atoms with E-state index in [-0.39, 0.29) is 28.2 Å². The summed E-state index contributed by atoms with van der Waals surface area (Å²) in [5, 5.41) is 24.3. The molecule has 1 amide bonds. The zero-order valence-electron chi connectivity index (χ0n) is 18.3. The molecule has 33 heavy (non-hydrogen) atoms. The van der Waals surface area contributed by atoms with Gasteiger partial charge in [0.1, 0.15) is 34.3 Å². The van der Waals surface area contributed by atoms with Gasteiger partial charge in [-0.15, -0.1) is 0 Å². The van der Waals surface area contributed by atoms with Gasteiger partial charge in [0.2, 0.25) is 0 Å². The first kappa shape index (κ1) is 22.9. The monoisotopic (exact) mass is 472 g/mol. The van der Waals surface area contributed by atoms with Gasteiger partial charge in [0.05, 0.1) is 5.02 Å². The molecule has 2 unspecified atom stereocenters. The molecule has 0 saturated carbocycles. The number of aromatic hydroxyl groups is 2. The maximum Gasteiger partial charge on any atom is 0.407 e. The van der Waals surface area contributed by atoms with Crippen molar-refractivity contribution in [3.05, 3.63) is 57.2 Å². The molecule has 0 bridgehead atoms. The van der Waals surface area contributed by atoms with Crippen LogP contribution in [0.15, 0.2) is 45.6 Å². The van der Waals surface area contributed by atoms with Gasteiger partial charge in [0, 0.05) is 42.3 Å². The lowest BCUT2D eigenvalue weighted by molar-refractivity contribution is 0.0355. The highest BCUT2D eigenvalue weighted by molar-refractivity contribution is 6.33. The van der Waals surface area contributed by atoms with Crippen LogP contribution in [0, 0.1) is 0 Å². The number of fused-ring (bicyclic) bond motifs is 1. The minimum atomic E-state index is -0.608. The number of hydrogen-bond acceptors (Lipinski definition) is 7. The van der Waals surface area contributed by atoms with E-state index >= 15 is 0 Å². The van der Waals surface area contributed by atoms with Crippen LogP contribution in [-0.4, -0.2) is 54.0 Å². The second kappa shape index (κ2) is 9.33. The quantitative estimate of drug-likeness (QED) is 0.525. The van der Waals surface area contributed by atoms with E-state index in [4.69, 9.17) is 20.8 Å². The van der Waals surface area contributed by atoms with E-state index in [2.05, 4.69) is 5.32 Å². The fraction of sp³-hybridized carbons (Fsp3) is 0.333. The third-order valence-corrected chi connectivity index (χ3v) is 6.18. The van der Waals surface area contributed by atoms with Crippen LogP contribution in [0.2, 0.25) is 5.02 Å². The summed E-state index contributed by atoms with van der Waals surface area (Å²) in [6, 6.07) is 9.31. The number of likely N-dealkylation sites (N-methyl/N-ethyl adjacent to an activating group) is 1. The highest BCUT2D eigenvalue weighted by Gasteiger charge is 2.36. The number of rotatable bonds is 4. The van der Waals surface area contributed by atoms with Crippen molar-refractivity contribution in [2.24, 2.45) is 0 Å². The SMILES string of the molecule is CCNC(=O)OC1CN(C)CCC1c1c(O)cc(O)c2c(=O)cc(-c3ccccc3Cl)oc12. The van der Waals surface area contributed by atoms with Crippen LogP contribution in [0.1, 0.15) is 24.8 Å². The summed E-state index contributed by atoms with van der Waals surface area (Å²) in [6.07, 6.45) is -0.639. The van der Waals surface area contributed by atoms with E-state index in [1.54, 1.807) is 31.2 Å². The summed E-state index contributed by atoms with van der Waals surface area (Å²) < 4.78 is 11.8. The zero-order valence-corrected chi connectivity index (χ0v) is 19.1. The number of piperidine rings is 1. The van der Waals surface area contributed by atoms with Gasteiger partial charge in [0.25, 0.3) is 0 Å². The highest BCUT2D eigenvalue weighted by Crippen LogP contribution is 2.43. The van der Waals surface area contributed by atoms with Crippen molar-refractivity contribution in [2.45, 2.75) is 25.4 Å². The number of nitrogens with zero attached hydrogens (tertiary/aromatic N) is 1. The number of carbonyl (C=O) groups is 1. The van der Waals surface area contributed by atoms with Crippen LogP contribution in [0.25, 0.3) is 22.3 Å². The third-order valence-electron chi connectivity index (χ3n) is 5.85. The number of nitrogens with one attached hydrogen (secondary N) is 1. The number of likely N-dealkylation sites (tertiary alicyclic amines) is 1. The van der Waals surface area contributed by atoms with Crippen molar-refractivity contribution >= 4 is 28.7 Å². The third kappa shape index (κ3) is 4.49. The molecule has 1 aliphatic rings. The highest BCUT2D eigenvalue weighted by atomic mass is 35.5. The van der Waals surface area contributed by atoms with Crippen molar-refractivity contribution < 1.29 is 24.2 Å². The van der Waals surface area contributed by atoms with Gasteiger partial charge in [-0.3, -0.25) is 4.79 Å². The predicted octanol–water partition coefficient (Wildman–Crippen LogP) is 4.06. The molecular weight excluding hydrogens is 448 g/mol. The van der Waals surface area contributed by atoms with Gasteiger partial charge in [-0.1, -0.05) is 23.7 Å². The molecule has 174 valence electrons. The maximum atomic E-state index is 13.0. The number of phenolic OH excluding ortho intramolecular Hbond substituents is 2. The Hall–Kier alpha value is -3.23. The minimum Gasteiger partial charge on any atom is -0.507 e. The molecule has 3 N–H and O–H groups in total. The zero-order chi connectivity index (χ0) is 23.7. The normalized spacial score (nSPS) is 18.9. The van der Waals surface area contributed by atoms with Crippen LogP contribution in [0.3, 0.4) is 0 Å². The van der Waals surface area contributed by atoms with Gasteiger partial charge < -0.3 is 29.6 Å². The predicted molar refractivity (Wildman–Crippen MR) is 125 cm³/mol. The second-order valence-corrected chi connectivity index (χ2v) is 8.53. The summed E-state index contributed by atoms with van der Waals surface area (Å²) in [4.78, 5) is 27.2. The minimum absolute atomic E-state index is 0.0470. The van der Waals surface area contributed by atoms with Gasteiger partial charge in [-0.05, 0) is 39.1 Å². The summed E-state index contributed by atoms with van der Waals surface area (Å²) >= 11 is 6.31. The molecule has 1 fully saturated rings. The number of halogens is 1. The van der Waals surface area contributed by atoms with E-state index < -0.39 is 23.5 Å². The fourth-order valence-corrected chi connectivity index (χ4v) is 4.55. The number of carbonyl (C=O) groups excluding carboxylic acids is 1. The number of hydrogen-bond donors (Lipinski definition) is 3. The average Bonchev–Trinajstić information content (AvgIpc) is 2.75. The van der Waals surface area contributed by atoms with Gasteiger partial charge in [-0.2, -0.15) is 0 Å². The largest absolute Gasteiger partial charge is 0.507 e. The van der Waals surface area contributed by atoms with Crippen LogP contribution in [0.5, 0.6) is 11.5 Å². The van der Waals surface area contributed by atoms with E-state index in [0.29, 0.717) is 42.2 Å². The number of alkyl carbamates (subject to hydrolysis) is 1. The number of amides is 1. The Morgan fingerprint density at radius 2 is 2.03 bits per heavy atom. The van der Waals surface area contributed by atoms with Crippen molar-refractivity contribution in [3.8, 4) is 22.8 Å². The van der Waals surface area contributed by atoms with Crippen molar-refractivity contribution in [3.63, 3.8) is 0 Å². The van der Waals surface area contributed by atoms with E-state index in [1.807, 2.05) is 11.9 Å². The Labute approximate surface area is 195 Å². The lowest BCUT2D eigenvalue weighted by Gasteiger charge is -2.36. The van der Waals surface area contributed by atoms with Crippen LogP contribution in [-0.2, 0) is 4.74 Å². The molecule has 2 heterocycles. The molecule has 0 radical (unpaired) electrons. The van der Waals surface area contributed by atoms with Gasteiger partial charge >= 0.3 is 6.09 Å². The Bertz CT molecular complexity index is 1260. The van der Waals surface area contributed by atoms with Gasteiger partial charge in [0.15, 0.2) is 5.43 Å². The standard InChI is InChI=1S/C24H25ClN2O6/c1-3-26-24(31)33-20-12-27(2)9-8-14(20)21-16(28)10-17(29)22-18(30)11-19(32-23(21)22)13-6-4-5-7-15(13)25/h4-7,10-11,14,20,28-29H,3,8-9,12H2,1-2H3,(H,26,31). The fourth-order valence-electron chi connectivity index (χ4n) is 4.32. The van der Waals surface area contributed by atoms with Crippen LogP contribution >= 0.6 is 11.6 Å². The molecule has 0 spiro atoms. The number of phenols is 2. The molecule has 8 nitrogen and oxygen atoms in total. The molecule has 1 saturated heterocycles. The number of benzene rings is 2. The molecule has 2 atom stereocenters. The first-order valence-corrected chi connectivity index (χ1v) is 11.1. The van der Waals surface area contributed by atoms with Crippen molar-refractivity contribution in [2.75, 3.05) is 26.7 Å². The first-order valence-electron chi connectivity index (χ1n) is 10.7. The summed E-state index contributed by atoms with van der Waals surface area (Å²) in [6.45, 7) is 3.31. The van der Waals surface area contributed by atoms with E-state index in [0.717, 1.165) is 6.07 Å². The Balaban J connectivity index is 1.91. The van der Waals surface area contributed by atoms with Crippen LogP contribution in [0.4, 0.5) is 4.79 Å². The van der Waals surface area contributed by atoms with Crippen molar-refractivity contribution in [1.82, 2.24) is 10.2 Å². The summed E-state index contributed by atoms with van der Waals surface area (Å²) in [7, 11) is 1.91. The molecule has 9 heteroatoms. The molecule has 3 aromatic rings. The number of ether oxygens (including phenoxy) is 1. The molecule has 0 aliphatic carbocycles. The second-order valence-electron chi connectivity index (χ2n) is 8.12. The molecule has 2 aromatic carbocycles. The van der Waals surface area contributed by atoms with Crippen molar-refractivity contribution in [1.29, 1.82) is 0 Å². The average molecular weight is 473 g/mol. The first-order chi connectivity index (χ1) is 15.8. The molecule has 4 rings (SSSR count). The molecule has 1 aliphatic heterocycles. The molecular formula is C24H25ClN2O6. The Kier molecular flexibility index (Phi) is 6.49. The molecule has 1 aromatic heterocycles. The van der Waals surface area contributed by atoms with E-state index in [1.165, 1.54) is 6.07 Å². The van der Waals surface area contributed by atoms with Gasteiger partial charge in [-0.25, -0.2) is 4.79 Å². The summed E-state index contributed by atoms with van der Waals surface area (Å²) in [5.41, 5.74) is 0.398. The van der Waals surface area contributed by atoms with E-state index in [9.17, 15) is 19.8 Å². The lowest BCUT2D eigenvalue weighted by atomic mass is 9.85.